The Bertz CT molecular complexity index is 768. The van der Waals surface area contributed by atoms with Gasteiger partial charge in [0.25, 0.3) is 5.91 Å². The van der Waals surface area contributed by atoms with Crippen LogP contribution in [0.4, 0.5) is 0 Å². The summed E-state index contributed by atoms with van der Waals surface area (Å²) in [6.07, 6.45) is 1.18. The van der Waals surface area contributed by atoms with Gasteiger partial charge in [-0.25, -0.2) is 0 Å². The molecule has 3 rings (SSSR count). The van der Waals surface area contributed by atoms with Crippen molar-refractivity contribution >= 4 is 17.7 Å². The Balaban J connectivity index is 1.71. The highest BCUT2D eigenvalue weighted by Crippen LogP contribution is 2.30. The van der Waals surface area contributed by atoms with Crippen LogP contribution in [0.3, 0.4) is 0 Å². The zero-order chi connectivity index (χ0) is 16.9. The number of nitriles is 1. The first-order valence-corrected chi connectivity index (χ1v) is 8.73. The van der Waals surface area contributed by atoms with Crippen LogP contribution in [0.15, 0.2) is 58.3 Å². The third-order valence-corrected chi connectivity index (χ3v) is 5.10. The molecule has 4 nitrogen and oxygen atoms in total. The molecule has 1 fully saturated rings. The minimum atomic E-state index is -0.417. The number of β-amino-alcohol motifs (C(OH)–C–C–N with tert-alkyl or cyclic N) is 1. The zero-order valence-electron chi connectivity index (χ0n) is 13.2. The summed E-state index contributed by atoms with van der Waals surface area (Å²) >= 11 is 1.51. The van der Waals surface area contributed by atoms with E-state index < -0.39 is 6.10 Å². The Morgan fingerprint density at radius 2 is 1.96 bits per heavy atom. The van der Waals surface area contributed by atoms with Gasteiger partial charge in [0.15, 0.2) is 0 Å². The molecule has 2 aromatic carbocycles. The molecule has 1 aliphatic rings. The van der Waals surface area contributed by atoms with Gasteiger partial charge in [0, 0.05) is 28.4 Å². The van der Waals surface area contributed by atoms with Gasteiger partial charge in [-0.05, 0) is 49.2 Å². The Kier molecular flexibility index (Phi) is 5.19. The van der Waals surface area contributed by atoms with Gasteiger partial charge in [0.05, 0.1) is 11.7 Å². The fraction of sp³-hybridized carbons (Fsp3) is 0.263. The van der Waals surface area contributed by atoms with Gasteiger partial charge in [-0.15, -0.1) is 0 Å². The molecule has 0 aliphatic carbocycles. The molecule has 0 aromatic heterocycles. The van der Waals surface area contributed by atoms with Gasteiger partial charge >= 0.3 is 0 Å². The number of piperidine rings is 1. The maximum absolute atomic E-state index is 12.5. The van der Waals surface area contributed by atoms with Crippen LogP contribution in [0.5, 0.6) is 0 Å². The van der Waals surface area contributed by atoms with E-state index in [9.17, 15) is 9.90 Å². The van der Waals surface area contributed by atoms with Gasteiger partial charge in [-0.1, -0.05) is 23.9 Å². The Hall–Kier alpha value is -2.29. The highest BCUT2D eigenvalue weighted by atomic mass is 32.2. The summed E-state index contributed by atoms with van der Waals surface area (Å²) in [5.41, 5.74) is 1.27. The largest absolute Gasteiger partial charge is 0.391 e. The third kappa shape index (κ3) is 3.78. The van der Waals surface area contributed by atoms with Crippen molar-refractivity contribution in [2.75, 3.05) is 13.1 Å². The average molecular weight is 338 g/mol. The minimum Gasteiger partial charge on any atom is -0.391 e. The molecule has 2 aromatic rings. The lowest BCUT2D eigenvalue weighted by atomic mass is 10.1. The van der Waals surface area contributed by atoms with Gasteiger partial charge in [0.2, 0.25) is 0 Å². The van der Waals surface area contributed by atoms with Crippen LogP contribution in [0, 0.1) is 11.3 Å². The van der Waals surface area contributed by atoms with E-state index in [0.717, 1.165) is 22.6 Å². The molecular formula is C19H18N2O2S. The first-order chi connectivity index (χ1) is 11.7. The lowest BCUT2D eigenvalue weighted by Gasteiger charge is -2.30. The third-order valence-electron chi connectivity index (χ3n) is 4.02. The number of benzene rings is 2. The van der Waals surface area contributed by atoms with E-state index in [4.69, 9.17) is 5.26 Å². The van der Waals surface area contributed by atoms with Crippen LogP contribution in [-0.2, 0) is 0 Å². The Morgan fingerprint density at radius 1 is 1.21 bits per heavy atom. The highest BCUT2D eigenvalue weighted by Gasteiger charge is 2.22. The highest BCUT2D eigenvalue weighted by molar-refractivity contribution is 7.99. The van der Waals surface area contributed by atoms with Crippen molar-refractivity contribution in [2.45, 2.75) is 28.7 Å². The van der Waals surface area contributed by atoms with Crippen molar-refractivity contribution in [2.24, 2.45) is 0 Å². The average Bonchev–Trinajstić information content (AvgIpc) is 2.62. The van der Waals surface area contributed by atoms with Crippen LogP contribution in [0.25, 0.3) is 0 Å². The number of likely N-dealkylation sites (tertiary alicyclic amines) is 1. The Morgan fingerprint density at radius 3 is 2.67 bits per heavy atom. The molecule has 122 valence electrons. The smallest absolute Gasteiger partial charge is 0.253 e. The second-order valence-electron chi connectivity index (χ2n) is 5.78. The molecule has 1 unspecified atom stereocenters. The normalized spacial score (nSPS) is 17.3. The van der Waals surface area contributed by atoms with E-state index in [1.54, 1.807) is 23.1 Å². The number of aliphatic hydroxyl groups excluding tert-OH is 1. The van der Waals surface area contributed by atoms with Crippen molar-refractivity contribution in [3.8, 4) is 6.07 Å². The summed E-state index contributed by atoms with van der Waals surface area (Å²) in [5.74, 6) is -0.0391. The number of aliphatic hydroxyl groups is 1. The first-order valence-electron chi connectivity index (χ1n) is 7.92. The molecule has 1 saturated heterocycles. The molecule has 0 bridgehead atoms. The van der Waals surface area contributed by atoms with Crippen molar-refractivity contribution < 1.29 is 9.90 Å². The summed E-state index contributed by atoms with van der Waals surface area (Å²) in [6, 6.07) is 17.0. The lowest BCUT2D eigenvalue weighted by Crippen LogP contribution is -2.42. The minimum absolute atomic E-state index is 0.0391. The molecule has 24 heavy (non-hydrogen) atoms. The number of amides is 1. The number of hydrogen-bond acceptors (Lipinski definition) is 4. The lowest BCUT2D eigenvalue weighted by molar-refractivity contribution is 0.0473. The summed E-state index contributed by atoms with van der Waals surface area (Å²) in [4.78, 5) is 16.1. The SMILES string of the molecule is N#Cc1ccccc1Sc1ccc(C(=O)N2CCCC(O)C2)cc1. The van der Waals surface area contributed by atoms with Gasteiger partial charge < -0.3 is 10.0 Å². The van der Waals surface area contributed by atoms with E-state index in [1.165, 1.54) is 11.8 Å². The molecule has 0 radical (unpaired) electrons. The molecule has 1 aliphatic heterocycles. The van der Waals surface area contributed by atoms with Crippen LogP contribution in [0.2, 0.25) is 0 Å². The van der Waals surface area contributed by atoms with E-state index in [1.807, 2.05) is 30.3 Å². The second kappa shape index (κ2) is 7.52. The fourth-order valence-corrected chi connectivity index (χ4v) is 3.66. The molecule has 0 saturated carbocycles. The summed E-state index contributed by atoms with van der Waals surface area (Å²) < 4.78 is 0. The number of hydrogen-bond donors (Lipinski definition) is 1. The zero-order valence-corrected chi connectivity index (χ0v) is 14.0. The summed E-state index contributed by atoms with van der Waals surface area (Å²) in [7, 11) is 0. The van der Waals surface area contributed by atoms with Crippen LogP contribution in [-0.4, -0.2) is 35.1 Å². The van der Waals surface area contributed by atoms with E-state index in [-0.39, 0.29) is 5.91 Å². The second-order valence-corrected chi connectivity index (χ2v) is 6.90. The van der Waals surface area contributed by atoms with Crippen molar-refractivity contribution in [1.82, 2.24) is 4.90 Å². The maximum atomic E-state index is 12.5. The van der Waals surface area contributed by atoms with Crippen LogP contribution >= 0.6 is 11.8 Å². The van der Waals surface area contributed by atoms with Crippen LogP contribution < -0.4 is 0 Å². The number of carbonyl (C=O) groups excluding carboxylic acids is 1. The number of carbonyl (C=O) groups is 1. The molecule has 5 heteroatoms. The maximum Gasteiger partial charge on any atom is 0.253 e. The molecule has 0 spiro atoms. The molecule has 1 atom stereocenters. The first kappa shape index (κ1) is 16.6. The number of nitrogens with zero attached hydrogens (tertiary/aromatic N) is 2. The van der Waals surface area contributed by atoms with Crippen molar-refractivity contribution in [1.29, 1.82) is 5.26 Å². The van der Waals surface area contributed by atoms with Crippen LogP contribution in [0.1, 0.15) is 28.8 Å². The quantitative estimate of drug-likeness (QED) is 0.932. The fourth-order valence-electron chi connectivity index (χ4n) is 2.76. The van der Waals surface area contributed by atoms with Gasteiger partial charge in [-0.2, -0.15) is 5.26 Å². The van der Waals surface area contributed by atoms with Gasteiger partial charge in [0.1, 0.15) is 6.07 Å². The van der Waals surface area contributed by atoms with E-state index in [2.05, 4.69) is 6.07 Å². The predicted octanol–water partition coefficient (Wildman–Crippen LogP) is 3.31. The Labute approximate surface area is 145 Å². The van der Waals surface area contributed by atoms with Crippen molar-refractivity contribution in [3.63, 3.8) is 0 Å². The number of rotatable bonds is 3. The monoisotopic (exact) mass is 338 g/mol. The van der Waals surface area contributed by atoms with Crippen molar-refractivity contribution in [3.05, 3.63) is 59.7 Å². The molecular weight excluding hydrogens is 320 g/mol. The standard InChI is InChI=1S/C19H18N2O2S/c20-12-15-4-1-2-6-18(15)24-17-9-7-14(8-10-17)19(23)21-11-3-5-16(22)13-21/h1-2,4,6-10,16,22H,3,5,11,13H2. The molecule has 1 amide bonds. The molecule has 1 N–H and O–H groups in total. The van der Waals surface area contributed by atoms with E-state index >= 15 is 0 Å². The van der Waals surface area contributed by atoms with E-state index in [0.29, 0.717) is 24.2 Å². The summed E-state index contributed by atoms with van der Waals surface area (Å²) in [5, 5.41) is 18.9. The topological polar surface area (TPSA) is 64.3 Å². The van der Waals surface area contributed by atoms with Gasteiger partial charge in [-0.3, -0.25) is 4.79 Å². The predicted molar refractivity (Wildman–Crippen MR) is 92.9 cm³/mol. The summed E-state index contributed by atoms with van der Waals surface area (Å²) in [6.45, 7) is 1.10. The molecule has 1 heterocycles.